The molecule has 0 spiro atoms. The van der Waals surface area contributed by atoms with Gasteiger partial charge in [0.25, 0.3) is 0 Å². The van der Waals surface area contributed by atoms with Crippen LogP contribution in [0.2, 0.25) is 0 Å². The molecule has 1 aromatic carbocycles. The lowest BCUT2D eigenvalue weighted by molar-refractivity contribution is 0.312. The van der Waals surface area contributed by atoms with Gasteiger partial charge in [0.1, 0.15) is 0 Å². The average molecular weight is 255 g/mol. The number of allylic oxidation sites excluding steroid dienone is 2. The first-order valence-electron chi connectivity index (χ1n) is 6.67. The smallest absolute Gasteiger partial charge is 0.0964 e. The van der Waals surface area contributed by atoms with Crippen LogP contribution in [0, 0.1) is 0 Å². The van der Waals surface area contributed by atoms with E-state index in [9.17, 15) is 5.21 Å². The highest BCUT2D eigenvalue weighted by Crippen LogP contribution is 2.26. The van der Waals surface area contributed by atoms with Gasteiger partial charge in [-0.25, -0.2) is 4.98 Å². The van der Waals surface area contributed by atoms with Crippen molar-refractivity contribution >= 4 is 16.7 Å². The molecule has 4 heteroatoms. The van der Waals surface area contributed by atoms with Gasteiger partial charge in [-0.1, -0.05) is 29.4 Å². The van der Waals surface area contributed by atoms with Crippen LogP contribution in [0.3, 0.4) is 0 Å². The maximum Gasteiger partial charge on any atom is 0.0964 e. The normalized spacial score (nSPS) is 22.5. The van der Waals surface area contributed by atoms with E-state index in [2.05, 4.69) is 32.9 Å². The molecule has 0 unspecified atom stereocenters. The minimum atomic E-state index is 0.0994. The van der Waals surface area contributed by atoms with Gasteiger partial charge in [0.05, 0.1) is 29.1 Å². The minimum Gasteiger partial charge on any atom is -0.411 e. The number of oxime groups is 1. The molecule has 1 aliphatic rings. The van der Waals surface area contributed by atoms with Crippen LogP contribution in [0.5, 0.6) is 0 Å². The van der Waals surface area contributed by atoms with Gasteiger partial charge in [0, 0.05) is 0 Å². The summed E-state index contributed by atoms with van der Waals surface area (Å²) in [6, 6.07) is 8.17. The zero-order valence-corrected chi connectivity index (χ0v) is 10.7. The van der Waals surface area contributed by atoms with E-state index in [0.717, 1.165) is 42.4 Å². The Balaban J connectivity index is 2.04. The number of hydrogen-bond donors (Lipinski definition) is 1. The predicted molar refractivity (Wildman–Crippen MR) is 75.6 cm³/mol. The number of aromatic nitrogens is 2. The van der Waals surface area contributed by atoms with Crippen molar-refractivity contribution in [1.29, 1.82) is 0 Å². The van der Waals surface area contributed by atoms with Crippen molar-refractivity contribution in [2.75, 3.05) is 0 Å². The molecule has 4 nitrogen and oxygen atoms in total. The number of rotatable bonds is 1. The third-order valence-electron chi connectivity index (χ3n) is 3.67. The fourth-order valence-electron chi connectivity index (χ4n) is 2.70. The van der Waals surface area contributed by atoms with Crippen molar-refractivity contribution in [3.63, 3.8) is 0 Å². The van der Waals surface area contributed by atoms with E-state index in [1.807, 2.05) is 24.5 Å². The Morgan fingerprint density at radius 1 is 1.21 bits per heavy atom. The first kappa shape index (κ1) is 12.0. The molecular formula is C15H17N3O. The summed E-state index contributed by atoms with van der Waals surface area (Å²) in [4.78, 5) is 4.42. The second-order valence-electron chi connectivity index (χ2n) is 4.84. The topological polar surface area (TPSA) is 50.4 Å². The van der Waals surface area contributed by atoms with Gasteiger partial charge in [-0.15, -0.1) is 0 Å². The molecule has 0 fully saturated rings. The van der Waals surface area contributed by atoms with Gasteiger partial charge in [-0.3, -0.25) is 0 Å². The molecule has 2 aromatic rings. The van der Waals surface area contributed by atoms with Crippen molar-refractivity contribution in [2.24, 2.45) is 5.16 Å². The molecule has 1 aliphatic carbocycles. The molecule has 98 valence electrons. The minimum absolute atomic E-state index is 0.0994. The van der Waals surface area contributed by atoms with Crippen LogP contribution in [-0.4, -0.2) is 20.5 Å². The second-order valence-corrected chi connectivity index (χ2v) is 4.84. The molecule has 0 saturated carbocycles. The molecular weight excluding hydrogens is 238 g/mol. The van der Waals surface area contributed by atoms with Crippen molar-refractivity contribution in [1.82, 2.24) is 9.55 Å². The molecule has 0 amide bonds. The second kappa shape index (κ2) is 5.26. The lowest BCUT2D eigenvalue weighted by Gasteiger charge is -2.21. The Bertz CT molecular complexity index is 627. The van der Waals surface area contributed by atoms with Crippen LogP contribution in [0.4, 0.5) is 0 Å². The third kappa shape index (κ3) is 2.26. The lowest BCUT2D eigenvalue weighted by Crippen LogP contribution is -2.20. The van der Waals surface area contributed by atoms with Crippen molar-refractivity contribution in [3.8, 4) is 0 Å². The lowest BCUT2D eigenvalue weighted by atomic mass is 9.98. The summed E-state index contributed by atoms with van der Waals surface area (Å²) in [5, 5.41) is 12.8. The van der Waals surface area contributed by atoms with Crippen LogP contribution < -0.4 is 0 Å². The fourth-order valence-corrected chi connectivity index (χ4v) is 2.70. The predicted octanol–water partition coefficient (Wildman–Crippen LogP) is 3.54. The Hall–Kier alpha value is -2.10. The van der Waals surface area contributed by atoms with Crippen molar-refractivity contribution in [3.05, 3.63) is 42.7 Å². The number of hydrogen-bond acceptors (Lipinski definition) is 3. The molecule has 19 heavy (non-hydrogen) atoms. The number of imidazole rings is 1. The largest absolute Gasteiger partial charge is 0.411 e. The van der Waals surface area contributed by atoms with E-state index in [1.54, 1.807) is 0 Å². The molecule has 3 rings (SSSR count). The Morgan fingerprint density at radius 2 is 2.05 bits per heavy atom. The van der Waals surface area contributed by atoms with E-state index < -0.39 is 0 Å². The Kier molecular flexibility index (Phi) is 3.31. The van der Waals surface area contributed by atoms with Crippen LogP contribution in [-0.2, 0) is 0 Å². The average Bonchev–Trinajstić information content (AvgIpc) is 2.83. The van der Waals surface area contributed by atoms with Crippen molar-refractivity contribution in [2.45, 2.75) is 31.7 Å². The van der Waals surface area contributed by atoms with Gasteiger partial charge in [-0.2, -0.15) is 0 Å². The summed E-state index contributed by atoms with van der Waals surface area (Å²) < 4.78 is 2.13. The Morgan fingerprint density at radius 3 is 2.95 bits per heavy atom. The summed E-state index contributed by atoms with van der Waals surface area (Å²) in [6.07, 6.45) is 9.89. The maximum absolute atomic E-state index is 9.28. The molecule has 1 aromatic heterocycles. The maximum atomic E-state index is 9.28. The zero-order chi connectivity index (χ0) is 13.1. The van der Waals surface area contributed by atoms with Gasteiger partial charge in [0.15, 0.2) is 0 Å². The van der Waals surface area contributed by atoms with E-state index in [0.29, 0.717) is 0 Å². The van der Waals surface area contributed by atoms with Gasteiger partial charge in [-0.05, 0) is 37.8 Å². The highest BCUT2D eigenvalue weighted by molar-refractivity contribution is 5.89. The molecule has 0 aliphatic heterocycles. The fraction of sp³-hybridized carbons (Fsp3) is 0.333. The summed E-state index contributed by atoms with van der Waals surface area (Å²) in [5.41, 5.74) is 2.92. The number of nitrogens with zero attached hydrogens (tertiary/aromatic N) is 3. The van der Waals surface area contributed by atoms with Crippen LogP contribution in [0.1, 0.15) is 31.7 Å². The Labute approximate surface area is 112 Å². The quantitative estimate of drug-likeness (QED) is 0.481. The molecule has 1 N–H and O–H groups in total. The summed E-state index contributed by atoms with van der Waals surface area (Å²) >= 11 is 0. The molecule has 1 heterocycles. The van der Waals surface area contributed by atoms with E-state index >= 15 is 0 Å². The SMILES string of the molecule is O/N=C1\CCC=CCC[C@H]1n1cnc2ccccc21. The van der Waals surface area contributed by atoms with Crippen LogP contribution in [0.15, 0.2) is 47.9 Å². The molecule has 0 saturated heterocycles. The first-order chi connectivity index (χ1) is 9.40. The van der Waals surface area contributed by atoms with E-state index in [-0.39, 0.29) is 6.04 Å². The van der Waals surface area contributed by atoms with Crippen LogP contribution in [0.25, 0.3) is 11.0 Å². The number of benzene rings is 1. The van der Waals surface area contributed by atoms with Gasteiger partial charge >= 0.3 is 0 Å². The zero-order valence-electron chi connectivity index (χ0n) is 10.7. The number of fused-ring (bicyclic) bond motifs is 1. The van der Waals surface area contributed by atoms with Gasteiger partial charge in [0.2, 0.25) is 0 Å². The van der Waals surface area contributed by atoms with Gasteiger partial charge < -0.3 is 9.77 Å². The molecule has 1 atom stereocenters. The monoisotopic (exact) mass is 255 g/mol. The highest BCUT2D eigenvalue weighted by Gasteiger charge is 2.20. The van der Waals surface area contributed by atoms with Crippen molar-refractivity contribution < 1.29 is 5.21 Å². The highest BCUT2D eigenvalue weighted by atomic mass is 16.4. The van der Waals surface area contributed by atoms with E-state index in [4.69, 9.17) is 0 Å². The van der Waals surface area contributed by atoms with Crippen LogP contribution >= 0.6 is 0 Å². The summed E-state index contributed by atoms with van der Waals surface area (Å²) in [7, 11) is 0. The van der Waals surface area contributed by atoms with E-state index in [1.165, 1.54) is 0 Å². The summed E-state index contributed by atoms with van der Waals surface area (Å²) in [6.45, 7) is 0. The third-order valence-corrected chi connectivity index (χ3v) is 3.67. The number of para-hydroxylation sites is 2. The standard InChI is InChI=1S/C15H17N3O/c19-17-13-8-3-1-2-4-9-15(13)18-11-16-12-7-5-6-10-14(12)18/h1-2,5-7,10-11,15,19H,3-4,8-9H2/b2-1?,17-13+/t15-/m1/s1. The summed E-state index contributed by atoms with van der Waals surface area (Å²) in [5.74, 6) is 0. The first-order valence-corrected chi connectivity index (χ1v) is 6.67. The molecule has 0 radical (unpaired) electrons. The molecule has 0 bridgehead atoms.